The molecule has 0 aliphatic rings. The van der Waals surface area contributed by atoms with Crippen molar-refractivity contribution in [3.63, 3.8) is 0 Å². The maximum atomic E-state index is 6.01. The number of rotatable bonds is 5. The minimum atomic E-state index is -2.24. The van der Waals surface area contributed by atoms with Crippen LogP contribution in [-0.4, -0.2) is 65.1 Å². The quantitative estimate of drug-likeness (QED) is 0.359. The van der Waals surface area contributed by atoms with Crippen LogP contribution in [-0.2, 0) is 0 Å². The van der Waals surface area contributed by atoms with E-state index < -0.39 is 15.6 Å². The fraction of sp³-hybridized carbons (Fsp3) is 1.00. The van der Waals surface area contributed by atoms with Crippen LogP contribution in [0.25, 0.3) is 0 Å². The SMILES string of the molecule is CN(C)P(=NP(C(C)(C)C)C(C)(C)C)(N(C)C)N(C)C(C(C)(C)C)(C(C)(C)C)C(C)(C)C. The number of hydrogen-bond donors (Lipinski definition) is 0. The lowest BCUT2D eigenvalue weighted by atomic mass is 9.50. The molecule has 0 aliphatic carbocycles. The summed E-state index contributed by atoms with van der Waals surface area (Å²) in [5.74, 6) is 0. The Labute approximate surface area is 205 Å². The van der Waals surface area contributed by atoms with Gasteiger partial charge < -0.3 is 0 Å². The molecule has 0 aromatic heterocycles. The first-order valence-corrected chi connectivity index (χ1v) is 15.1. The van der Waals surface area contributed by atoms with Crippen molar-refractivity contribution in [2.75, 3.05) is 35.2 Å². The molecule has 194 valence electrons. The van der Waals surface area contributed by atoms with E-state index in [2.05, 4.69) is 153 Å². The second-order valence-corrected chi connectivity index (χ2v) is 22.3. The van der Waals surface area contributed by atoms with Gasteiger partial charge in [-0.3, -0.25) is 9.34 Å². The highest BCUT2D eigenvalue weighted by atomic mass is 31.2. The first kappa shape index (κ1) is 32.5. The monoisotopic (exact) mass is 490 g/mol. The van der Waals surface area contributed by atoms with Crippen molar-refractivity contribution in [3.8, 4) is 0 Å². The zero-order valence-corrected chi connectivity index (χ0v) is 27.5. The molecule has 0 atom stereocenters. The molecule has 6 heteroatoms. The molecule has 0 saturated carbocycles. The van der Waals surface area contributed by atoms with Crippen LogP contribution >= 0.6 is 15.6 Å². The van der Waals surface area contributed by atoms with Crippen molar-refractivity contribution >= 4 is 15.6 Å². The second-order valence-electron chi connectivity index (χ2n) is 15.0. The summed E-state index contributed by atoms with van der Waals surface area (Å²) in [5, 5.41) is 0.249. The molecule has 0 unspecified atom stereocenters. The fourth-order valence-corrected chi connectivity index (χ4v) is 17.5. The van der Waals surface area contributed by atoms with E-state index in [1.807, 2.05) is 0 Å². The van der Waals surface area contributed by atoms with Crippen LogP contribution in [0.1, 0.15) is 104 Å². The van der Waals surface area contributed by atoms with Crippen LogP contribution in [0.5, 0.6) is 0 Å². The average Bonchev–Trinajstić information content (AvgIpc) is 2.39. The predicted molar refractivity (Wildman–Crippen MR) is 152 cm³/mol. The fourth-order valence-electron chi connectivity index (χ4n) is 7.54. The molecule has 0 bridgehead atoms. The van der Waals surface area contributed by atoms with Gasteiger partial charge in [0, 0.05) is 23.9 Å². The first-order chi connectivity index (χ1) is 13.6. The largest absolute Gasteiger partial charge is 0.252 e. The van der Waals surface area contributed by atoms with E-state index in [-0.39, 0.29) is 32.1 Å². The van der Waals surface area contributed by atoms with Gasteiger partial charge in [-0.25, -0.2) is 9.19 Å². The Morgan fingerprint density at radius 1 is 0.500 bits per heavy atom. The Bertz CT molecular complexity index is 613. The normalized spacial score (nSPS) is 16.0. The van der Waals surface area contributed by atoms with Crippen molar-refractivity contribution in [2.45, 2.75) is 120 Å². The van der Waals surface area contributed by atoms with Crippen molar-refractivity contribution in [2.24, 2.45) is 20.8 Å². The van der Waals surface area contributed by atoms with E-state index >= 15 is 0 Å². The van der Waals surface area contributed by atoms with Gasteiger partial charge in [-0.05, 0) is 51.5 Å². The molecular formula is C26H60N4P2. The molecule has 4 nitrogen and oxygen atoms in total. The van der Waals surface area contributed by atoms with E-state index in [1.54, 1.807) is 0 Å². The molecule has 0 amide bonds. The zero-order chi connectivity index (χ0) is 26.5. The summed E-state index contributed by atoms with van der Waals surface area (Å²) in [6.07, 6.45) is 0. The Balaban J connectivity index is 7.95. The van der Waals surface area contributed by atoms with Crippen molar-refractivity contribution < 1.29 is 0 Å². The lowest BCUT2D eigenvalue weighted by molar-refractivity contribution is -0.113. The van der Waals surface area contributed by atoms with Gasteiger partial charge in [-0.2, -0.15) is 0 Å². The summed E-state index contributed by atoms with van der Waals surface area (Å²) in [6, 6.07) is 0. The zero-order valence-electron chi connectivity index (χ0n) is 25.7. The second kappa shape index (κ2) is 9.54. The molecule has 32 heavy (non-hydrogen) atoms. The third-order valence-corrected chi connectivity index (χ3v) is 14.2. The molecule has 0 aromatic rings. The van der Waals surface area contributed by atoms with Crippen molar-refractivity contribution in [3.05, 3.63) is 0 Å². The van der Waals surface area contributed by atoms with E-state index in [9.17, 15) is 0 Å². The maximum absolute atomic E-state index is 6.01. The summed E-state index contributed by atoms with van der Waals surface area (Å²) in [7, 11) is 8.47. The summed E-state index contributed by atoms with van der Waals surface area (Å²) in [5.41, 5.74) is -0.0542. The van der Waals surface area contributed by atoms with Crippen LogP contribution in [0, 0.1) is 16.2 Å². The third kappa shape index (κ3) is 5.67. The maximum Gasteiger partial charge on any atom is 0.170 e. The van der Waals surface area contributed by atoms with E-state index in [1.165, 1.54) is 0 Å². The van der Waals surface area contributed by atoms with Gasteiger partial charge in [0.25, 0.3) is 0 Å². The molecule has 0 heterocycles. The van der Waals surface area contributed by atoms with Crippen LogP contribution in [0.3, 0.4) is 0 Å². The number of hydrogen-bond acceptors (Lipinski definition) is 1. The Morgan fingerprint density at radius 3 is 0.906 bits per heavy atom. The van der Waals surface area contributed by atoms with Gasteiger partial charge in [0.05, 0.1) is 0 Å². The molecule has 0 spiro atoms. The standard InChI is InChI=1S/C26H60N4P2/c1-21(2,3)26(22(4,5)6,23(7,8)9)30(20)32(28(16)17,29(18)19)27-31(24(10,11)12)25(13,14)15/h1-20H3. The summed E-state index contributed by atoms with van der Waals surface area (Å²) >= 11 is 0. The van der Waals surface area contributed by atoms with Gasteiger partial charge in [0.1, 0.15) is 0 Å². The molecule has 0 fully saturated rings. The lowest BCUT2D eigenvalue weighted by Gasteiger charge is -2.68. The predicted octanol–water partition coefficient (Wildman–Crippen LogP) is 8.86. The van der Waals surface area contributed by atoms with Gasteiger partial charge in [0.15, 0.2) is 7.51 Å². The highest BCUT2D eigenvalue weighted by Crippen LogP contribution is 2.74. The molecular weight excluding hydrogens is 430 g/mol. The van der Waals surface area contributed by atoms with Crippen LogP contribution in [0.4, 0.5) is 0 Å². The molecule has 0 saturated heterocycles. The first-order valence-electron chi connectivity index (χ1n) is 12.2. The highest BCUT2D eigenvalue weighted by molar-refractivity contribution is 7.70. The molecule has 0 rings (SSSR count). The van der Waals surface area contributed by atoms with Gasteiger partial charge >= 0.3 is 0 Å². The van der Waals surface area contributed by atoms with Crippen LogP contribution < -0.4 is 0 Å². The minimum absolute atomic E-state index is 0.0251. The Hall–Kier alpha value is 0.540. The van der Waals surface area contributed by atoms with Crippen molar-refractivity contribution in [1.29, 1.82) is 0 Å². The van der Waals surface area contributed by atoms with E-state index in [0.717, 1.165) is 0 Å². The van der Waals surface area contributed by atoms with E-state index in [4.69, 9.17) is 4.52 Å². The number of nitrogens with zero attached hydrogens (tertiary/aromatic N) is 4. The highest BCUT2D eigenvalue weighted by Gasteiger charge is 2.63. The summed E-state index contributed by atoms with van der Waals surface area (Å²) in [6.45, 7) is 36.1. The summed E-state index contributed by atoms with van der Waals surface area (Å²) in [4.78, 5) is 0. The molecule has 0 aromatic carbocycles. The van der Waals surface area contributed by atoms with E-state index in [0.29, 0.717) is 0 Å². The minimum Gasteiger partial charge on any atom is -0.252 e. The van der Waals surface area contributed by atoms with Crippen molar-refractivity contribution in [1.82, 2.24) is 14.0 Å². The topological polar surface area (TPSA) is 22.1 Å². The van der Waals surface area contributed by atoms with Crippen LogP contribution in [0.2, 0.25) is 0 Å². The smallest absolute Gasteiger partial charge is 0.170 e. The van der Waals surface area contributed by atoms with Crippen LogP contribution in [0.15, 0.2) is 4.52 Å². The average molecular weight is 491 g/mol. The van der Waals surface area contributed by atoms with Gasteiger partial charge in [-0.1, -0.05) is 104 Å². The van der Waals surface area contributed by atoms with Gasteiger partial charge in [-0.15, -0.1) is 0 Å². The Morgan fingerprint density at radius 2 is 0.750 bits per heavy atom. The van der Waals surface area contributed by atoms with Gasteiger partial charge in [0.2, 0.25) is 0 Å². The Kier molecular flexibility index (Phi) is 9.70. The molecule has 0 N–H and O–H groups in total. The third-order valence-electron chi connectivity index (χ3n) is 6.70. The molecule has 0 aliphatic heterocycles. The molecule has 0 radical (unpaired) electrons. The summed E-state index contributed by atoms with van der Waals surface area (Å²) < 4.78 is 13.6. The lowest BCUT2D eigenvalue weighted by Crippen LogP contribution is -2.70.